The van der Waals surface area contributed by atoms with Crippen LogP contribution in [0.4, 0.5) is 19.4 Å². The molecule has 1 aliphatic heterocycles. The van der Waals surface area contributed by atoms with Crippen LogP contribution in [-0.4, -0.2) is 10.6 Å². The van der Waals surface area contributed by atoms with Crippen molar-refractivity contribution < 1.29 is 24.2 Å². The van der Waals surface area contributed by atoms with Gasteiger partial charge in [-0.05, 0) is 17.7 Å². The zero-order chi connectivity index (χ0) is 14.5. The third-order valence-electron chi connectivity index (χ3n) is 2.34. The molecular weight excluding hydrogens is 333 g/mol. The number of halogens is 6. The molecule has 0 spiro atoms. The highest BCUT2D eigenvalue weighted by atomic mass is 35.5. The average molecular weight is 340 g/mol. The molecule has 1 aromatic rings. The van der Waals surface area contributed by atoms with Gasteiger partial charge in [-0.3, -0.25) is 4.79 Å². The van der Waals surface area contributed by atoms with E-state index in [4.69, 9.17) is 11.6 Å². The van der Waals surface area contributed by atoms with Gasteiger partial charge in [0.1, 0.15) is 10.3 Å². The number of nitrogens with one attached hydrogen (secondary N) is 1. The second-order valence-corrected chi connectivity index (χ2v) is 8.20. The topological polar surface area (TPSA) is 29.1 Å². The maximum Gasteiger partial charge on any atom is 0.310 e. The Morgan fingerprint density at radius 1 is 1.21 bits per heavy atom. The Bertz CT molecular complexity index is 549. The van der Waals surface area contributed by atoms with Crippen LogP contribution < -0.4 is 5.32 Å². The summed E-state index contributed by atoms with van der Waals surface area (Å²) < 4.78 is 62.3. The van der Waals surface area contributed by atoms with Crippen molar-refractivity contribution in [2.75, 3.05) is 0 Å². The summed E-state index contributed by atoms with van der Waals surface area (Å²) in [5, 5.41) is 1.45. The summed E-state index contributed by atoms with van der Waals surface area (Å²) in [6.07, 6.45) is 0. The van der Waals surface area contributed by atoms with E-state index in [1.807, 2.05) is 0 Å². The van der Waals surface area contributed by atoms with Gasteiger partial charge in [0.25, 0.3) is 0 Å². The number of carbonyl (C=O) groups is 1. The maximum atomic E-state index is 12.6. The minimum absolute atomic E-state index is 0.0766. The van der Waals surface area contributed by atoms with Crippen molar-refractivity contribution in [3.05, 3.63) is 29.8 Å². The zero-order valence-corrected chi connectivity index (χ0v) is 11.3. The molecule has 1 saturated heterocycles. The number of hydrogen-bond acceptors (Lipinski definition) is 2. The summed E-state index contributed by atoms with van der Waals surface area (Å²) in [6.45, 7) is 0. The molecule has 2 rings (SSSR count). The fraction of sp³-hybridized carbons (Fsp3) is 0.222. The fourth-order valence-electron chi connectivity index (χ4n) is 1.49. The molecule has 0 aliphatic carbocycles. The van der Waals surface area contributed by atoms with E-state index in [2.05, 4.69) is 5.32 Å². The van der Waals surface area contributed by atoms with Crippen molar-refractivity contribution in [3.63, 3.8) is 0 Å². The molecule has 10 heteroatoms. The monoisotopic (exact) mass is 339 g/mol. The Morgan fingerprint density at radius 2 is 1.84 bits per heavy atom. The second-order valence-electron chi connectivity index (χ2n) is 3.88. The van der Waals surface area contributed by atoms with Crippen LogP contribution in [0.3, 0.4) is 0 Å². The lowest BCUT2D eigenvalue weighted by Gasteiger charge is -2.40. The fourth-order valence-corrected chi connectivity index (χ4v) is 3.47. The number of carbonyl (C=O) groups excluding carboxylic acids is 1. The Kier molecular flexibility index (Phi) is 2.87. The third-order valence-corrected chi connectivity index (χ3v) is 5.11. The van der Waals surface area contributed by atoms with Gasteiger partial charge in [-0.15, -0.1) is 23.4 Å². The van der Waals surface area contributed by atoms with E-state index >= 15 is 0 Å². The van der Waals surface area contributed by atoms with Crippen molar-refractivity contribution in [1.82, 2.24) is 5.32 Å². The van der Waals surface area contributed by atoms with E-state index in [9.17, 15) is 24.2 Å². The van der Waals surface area contributed by atoms with Gasteiger partial charge < -0.3 is 5.32 Å². The number of rotatable bonds is 2. The first-order valence-corrected chi connectivity index (χ1v) is 8.14. The lowest BCUT2D eigenvalue weighted by Crippen LogP contribution is -2.21. The van der Waals surface area contributed by atoms with Gasteiger partial charge in [-0.1, -0.05) is 31.6 Å². The van der Waals surface area contributed by atoms with Crippen LogP contribution in [0, 0.1) is 0 Å². The van der Waals surface area contributed by atoms with Crippen LogP contribution in [-0.2, 0) is 4.79 Å². The molecule has 1 N–H and O–H groups in total. The molecule has 1 fully saturated rings. The quantitative estimate of drug-likeness (QED) is 0.621. The lowest BCUT2D eigenvalue weighted by molar-refractivity contribution is -0.118. The first kappa shape index (κ1) is 14.7. The standard InChI is InChI=1S/C9H7ClF5NOS2/c10-7-8(17)16-9(18-7)5-2-1-3-6(4-5)19(11,12,13,14)15/h1-4,7,9H,(H,16,17). The molecule has 0 saturated carbocycles. The van der Waals surface area contributed by atoms with E-state index in [1.54, 1.807) is 0 Å². The van der Waals surface area contributed by atoms with E-state index in [-0.39, 0.29) is 5.56 Å². The summed E-state index contributed by atoms with van der Waals surface area (Å²) in [5.41, 5.74) is -0.0766. The summed E-state index contributed by atoms with van der Waals surface area (Å²) in [6, 6.07) is 2.75. The van der Waals surface area contributed by atoms with Gasteiger partial charge in [-0.25, -0.2) is 0 Å². The first-order valence-electron chi connectivity index (χ1n) is 4.81. The maximum absolute atomic E-state index is 12.6. The van der Waals surface area contributed by atoms with Gasteiger partial charge in [0, 0.05) is 0 Å². The molecule has 2 atom stereocenters. The number of thioether (sulfide) groups is 1. The van der Waals surface area contributed by atoms with Gasteiger partial charge in [0.05, 0.1) is 0 Å². The van der Waals surface area contributed by atoms with Crippen LogP contribution >= 0.6 is 33.6 Å². The predicted molar refractivity (Wildman–Crippen MR) is 66.0 cm³/mol. The number of benzene rings is 1. The lowest BCUT2D eigenvalue weighted by atomic mass is 10.2. The number of hydrogen-bond donors (Lipinski definition) is 1. The Balaban J connectivity index is 2.40. The van der Waals surface area contributed by atoms with Crippen molar-refractivity contribution in [2.45, 2.75) is 15.0 Å². The van der Waals surface area contributed by atoms with Crippen LogP contribution in [0.1, 0.15) is 10.9 Å². The molecule has 2 nitrogen and oxygen atoms in total. The molecule has 0 radical (unpaired) electrons. The van der Waals surface area contributed by atoms with E-state index in [0.29, 0.717) is 12.1 Å². The first-order chi connectivity index (χ1) is 8.36. The van der Waals surface area contributed by atoms with Gasteiger partial charge in [0.15, 0.2) is 4.71 Å². The van der Waals surface area contributed by atoms with Crippen LogP contribution in [0.2, 0.25) is 0 Å². The Hall–Kier alpha value is -0.670. The van der Waals surface area contributed by atoms with Crippen molar-refractivity contribution in [3.8, 4) is 0 Å². The van der Waals surface area contributed by atoms with E-state index in [0.717, 1.165) is 17.8 Å². The molecule has 1 aliphatic rings. The van der Waals surface area contributed by atoms with Crippen LogP contribution in [0.5, 0.6) is 0 Å². The predicted octanol–water partition coefficient (Wildman–Crippen LogP) is 4.77. The minimum atomic E-state index is -9.71. The number of amides is 1. The van der Waals surface area contributed by atoms with Crippen molar-refractivity contribution in [1.29, 1.82) is 0 Å². The summed E-state index contributed by atoms with van der Waals surface area (Å²) in [4.78, 5) is 9.16. The van der Waals surface area contributed by atoms with E-state index < -0.39 is 31.1 Å². The van der Waals surface area contributed by atoms with Gasteiger partial charge in [-0.2, -0.15) is 0 Å². The zero-order valence-electron chi connectivity index (χ0n) is 8.96. The molecule has 1 heterocycles. The minimum Gasteiger partial charge on any atom is -0.338 e. The molecule has 19 heavy (non-hydrogen) atoms. The van der Waals surface area contributed by atoms with Crippen LogP contribution in [0.15, 0.2) is 29.2 Å². The molecule has 0 aromatic heterocycles. The van der Waals surface area contributed by atoms with Gasteiger partial charge in [0.2, 0.25) is 5.91 Å². The van der Waals surface area contributed by atoms with Gasteiger partial charge >= 0.3 is 10.2 Å². The average Bonchev–Trinajstić information content (AvgIpc) is 2.56. The van der Waals surface area contributed by atoms with Crippen LogP contribution in [0.25, 0.3) is 0 Å². The Labute approximate surface area is 114 Å². The highest BCUT2D eigenvalue weighted by molar-refractivity contribution is 8.45. The summed E-state index contributed by atoms with van der Waals surface area (Å²) >= 11 is 6.43. The summed E-state index contributed by atoms with van der Waals surface area (Å²) in [7, 11) is -9.71. The molecule has 2 unspecified atom stereocenters. The largest absolute Gasteiger partial charge is 0.338 e. The molecule has 0 bridgehead atoms. The molecular formula is C9H7ClF5NOS2. The molecule has 1 aromatic carbocycles. The normalized spacial score (nSPS) is 27.6. The summed E-state index contributed by atoms with van der Waals surface area (Å²) in [5.74, 6) is -0.561. The van der Waals surface area contributed by atoms with Crippen molar-refractivity contribution >= 4 is 39.5 Å². The number of alkyl halides is 1. The highest BCUT2D eigenvalue weighted by Gasteiger charge is 2.65. The smallest absolute Gasteiger partial charge is 0.310 e. The van der Waals surface area contributed by atoms with E-state index in [1.165, 1.54) is 6.07 Å². The SMILES string of the molecule is O=C1NC(c2cccc(S(F)(F)(F)(F)F)c2)SC1Cl. The highest BCUT2D eigenvalue weighted by Crippen LogP contribution is 3.02. The third kappa shape index (κ3) is 3.26. The van der Waals surface area contributed by atoms with Crippen molar-refractivity contribution in [2.24, 2.45) is 0 Å². The molecule has 108 valence electrons. The Morgan fingerprint density at radius 3 is 2.32 bits per heavy atom. The second kappa shape index (κ2) is 3.70. The molecule has 1 amide bonds.